The van der Waals surface area contributed by atoms with Crippen molar-refractivity contribution in [3.8, 4) is 0 Å². The summed E-state index contributed by atoms with van der Waals surface area (Å²) in [5, 5.41) is 8.66. The molecule has 0 spiro atoms. The summed E-state index contributed by atoms with van der Waals surface area (Å²) in [7, 11) is 0. The van der Waals surface area contributed by atoms with Crippen LogP contribution < -0.4 is 16.0 Å². The molecule has 0 unspecified atom stereocenters. The second kappa shape index (κ2) is 7.32. The van der Waals surface area contributed by atoms with E-state index >= 15 is 0 Å². The average Bonchev–Trinajstić information content (AvgIpc) is 3.00. The highest BCUT2D eigenvalue weighted by Crippen LogP contribution is 2.36. The van der Waals surface area contributed by atoms with E-state index in [1.54, 1.807) is 6.92 Å². The number of amides is 1. The molecule has 1 aromatic heterocycles. The summed E-state index contributed by atoms with van der Waals surface area (Å²) in [6.07, 6.45) is -4.57. The number of hydrogen-bond donors (Lipinski definition) is 3. The number of thiocarbonyl (C=S) groups is 1. The molecule has 0 saturated heterocycles. The highest BCUT2D eigenvalue weighted by molar-refractivity contribution is 7.80. The van der Waals surface area contributed by atoms with Gasteiger partial charge in [0.1, 0.15) is 0 Å². The molecule has 1 atom stereocenters. The molecule has 1 aromatic carbocycles. The summed E-state index contributed by atoms with van der Waals surface area (Å²) in [4.78, 5) is 14.8. The number of nitrogens with one attached hydrogen (secondary N) is 3. The van der Waals surface area contributed by atoms with Gasteiger partial charge in [-0.25, -0.2) is 0 Å². The lowest BCUT2D eigenvalue weighted by atomic mass is 10.0. The molecule has 0 saturated carbocycles. The van der Waals surface area contributed by atoms with Crippen LogP contribution in [-0.4, -0.2) is 11.0 Å². The van der Waals surface area contributed by atoms with Gasteiger partial charge in [0, 0.05) is 15.5 Å². The van der Waals surface area contributed by atoms with Gasteiger partial charge >= 0.3 is 6.18 Å². The summed E-state index contributed by atoms with van der Waals surface area (Å²) in [6, 6.07) is 8.14. The third-order valence-electron chi connectivity index (χ3n) is 4.04. The Labute approximate surface area is 163 Å². The molecule has 3 rings (SSSR count). The Morgan fingerprint density at radius 2 is 1.89 bits per heavy atom. The Kier molecular flexibility index (Phi) is 5.25. The quantitative estimate of drug-likeness (QED) is 0.651. The lowest BCUT2D eigenvalue weighted by Gasteiger charge is -2.29. The third kappa shape index (κ3) is 4.14. The van der Waals surface area contributed by atoms with Crippen LogP contribution in [0.1, 0.15) is 28.3 Å². The van der Waals surface area contributed by atoms with Crippen LogP contribution in [0, 0.1) is 6.92 Å². The largest absolute Gasteiger partial charge is 0.418 e. The maximum absolute atomic E-state index is 13.2. The molecular weight excluding hydrogens is 395 g/mol. The maximum atomic E-state index is 13.2. The molecule has 27 heavy (non-hydrogen) atoms. The summed E-state index contributed by atoms with van der Waals surface area (Å²) >= 11 is 6.66. The normalized spacial score (nSPS) is 17.4. The minimum atomic E-state index is -4.57. The van der Waals surface area contributed by atoms with Gasteiger partial charge in [-0.3, -0.25) is 4.79 Å². The van der Waals surface area contributed by atoms with E-state index in [9.17, 15) is 18.0 Å². The van der Waals surface area contributed by atoms with Gasteiger partial charge in [-0.05, 0) is 50.3 Å². The van der Waals surface area contributed by atoms with Gasteiger partial charge in [-0.15, -0.1) is 11.3 Å². The first-order valence-electron chi connectivity index (χ1n) is 7.99. The topological polar surface area (TPSA) is 53.2 Å². The minimum Gasteiger partial charge on any atom is -0.350 e. The summed E-state index contributed by atoms with van der Waals surface area (Å²) in [5.41, 5.74) is -0.392. The molecule has 1 amide bonds. The van der Waals surface area contributed by atoms with Crippen molar-refractivity contribution in [3.05, 3.63) is 63.0 Å². The number of anilines is 1. The minimum absolute atomic E-state index is 0.287. The molecule has 0 radical (unpaired) electrons. The summed E-state index contributed by atoms with van der Waals surface area (Å²) < 4.78 is 39.6. The summed E-state index contributed by atoms with van der Waals surface area (Å²) in [6.45, 7) is 3.61. The van der Waals surface area contributed by atoms with Crippen molar-refractivity contribution < 1.29 is 18.0 Å². The van der Waals surface area contributed by atoms with Crippen LogP contribution in [-0.2, 0) is 11.0 Å². The number of carbonyl (C=O) groups excluding carboxylic acids is 1. The first kappa shape index (κ1) is 19.4. The predicted molar refractivity (Wildman–Crippen MR) is 103 cm³/mol. The molecule has 0 bridgehead atoms. The van der Waals surface area contributed by atoms with Crippen LogP contribution in [0.2, 0.25) is 0 Å². The lowest BCUT2D eigenvalue weighted by Crippen LogP contribution is -2.45. The van der Waals surface area contributed by atoms with E-state index in [-0.39, 0.29) is 5.69 Å². The van der Waals surface area contributed by atoms with Crippen molar-refractivity contribution >= 4 is 40.3 Å². The molecule has 9 heteroatoms. The number of hydrogen-bond acceptors (Lipinski definition) is 3. The van der Waals surface area contributed by atoms with Crippen molar-refractivity contribution in [3.63, 3.8) is 0 Å². The Balaban J connectivity index is 1.97. The molecule has 0 aliphatic carbocycles. The highest BCUT2D eigenvalue weighted by atomic mass is 32.1. The van der Waals surface area contributed by atoms with Crippen molar-refractivity contribution in [1.82, 2.24) is 10.6 Å². The number of thiophene rings is 1. The number of para-hydroxylation sites is 1. The molecule has 1 aliphatic heterocycles. The Hall–Kier alpha value is -2.39. The van der Waals surface area contributed by atoms with Crippen molar-refractivity contribution in [2.75, 3.05) is 5.32 Å². The molecule has 2 heterocycles. The second-order valence-electron chi connectivity index (χ2n) is 6.02. The number of benzene rings is 1. The monoisotopic (exact) mass is 411 g/mol. The number of halogens is 3. The Morgan fingerprint density at radius 1 is 1.19 bits per heavy atom. The van der Waals surface area contributed by atoms with Gasteiger partial charge in [0.05, 0.1) is 22.9 Å². The van der Waals surface area contributed by atoms with Gasteiger partial charge in [0.2, 0.25) is 0 Å². The zero-order valence-electron chi connectivity index (χ0n) is 14.4. The highest BCUT2D eigenvalue weighted by Gasteiger charge is 2.35. The predicted octanol–water partition coefficient (Wildman–Crippen LogP) is 4.51. The Bertz CT molecular complexity index is 934. The standard InChI is InChI=1S/C18H16F3N3OS2/c1-9-7-8-13(27-9)15-14(10(2)22-17(26)24-15)16(25)23-12-6-4-3-5-11(12)18(19,20)21/h3-8,15H,1-2H3,(H,23,25)(H2,22,24,26)/t15-/m1/s1. The molecular formula is C18H16F3N3OS2. The maximum Gasteiger partial charge on any atom is 0.418 e. The van der Waals surface area contributed by atoms with Crippen LogP contribution in [0.4, 0.5) is 18.9 Å². The lowest BCUT2D eigenvalue weighted by molar-refractivity contribution is -0.137. The fourth-order valence-electron chi connectivity index (χ4n) is 2.85. The number of allylic oxidation sites excluding steroid dienone is 1. The number of aryl methyl sites for hydroxylation is 1. The smallest absolute Gasteiger partial charge is 0.350 e. The van der Waals surface area contributed by atoms with E-state index in [1.807, 2.05) is 19.1 Å². The van der Waals surface area contributed by atoms with Gasteiger partial charge in [0.15, 0.2) is 5.11 Å². The first-order chi connectivity index (χ1) is 12.7. The molecule has 0 fully saturated rings. The van der Waals surface area contributed by atoms with Crippen molar-refractivity contribution in [2.45, 2.75) is 26.1 Å². The van der Waals surface area contributed by atoms with Crippen LogP contribution in [0.5, 0.6) is 0 Å². The van der Waals surface area contributed by atoms with Gasteiger partial charge in [-0.2, -0.15) is 13.2 Å². The summed E-state index contributed by atoms with van der Waals surface area (Å²) in [5.74, 6) is -0.622. The fraction of sp³-hybridized carbons (Fsp3) is 0.222. The molecule has 142 valence electrons. The number of rotatable bonds is 3. The first-order valence-corrected chi connectivity index (χ1v) is 9.21. The van der Waals surface area contributed by atoms with E-state index in [0.29, 0.717) is 16.4 Å². The number of carbonyl (C=O) groups is 1. The van der Waals surface area contributed by atoms with E-state index < -0.39 is 23.7 Å². The van der Waals surface area contributed by atoms with Crippen LogP contribution in [0.25, 0.3) is 0 Å². The van der Waals surface area contributed by atoms with Crippen molar-refractivity contribution in [2.24, 2.45) is 0 Å². The van der Waals surface area contributed by atoms with E-state index in [1.165, 1.54) is 29.5 Å². The van der Waals surface area contributed by atoms with Gasteiger partial charge < -0.3 is 16.0 Å². The third-order valence-corrected chi connectivity index (χ3v) is 5.33. The molecule has 3 N–H and O–H groups in total. The van der Waals surface area contributed by atoms with E-state index in [0.717, 1.165) is 15.8 Å². The van der Waals surface area contributed by atoms with E-state index in [2.05, 4.69) is 16.0 Å². The Morgan fingerprint density at radius 3 is 2.52 bits per heavy atom. The van der Waals surface area contributed by atoms with Crippen molar-refractivity contribution in [1.29, 1.82) is 0 Å². The molecule has 4 nitrogen and oxygen atoms in total. The fourth-order valence-corrected chi connectivity index (χ4v) is 4.06. The zero-order valence-corrected chi connectivity index (χ0v) is 16.0. The van der Waals surface area contributed by atoms with E-state index in [4.69, 9.17) is 12.2 Å². The van der Waals surface area contributed by atoms with Crippen LogP contribution in [0.3, 0.4) is 0 Å². The zero-order chi connectivity index (χ0) is 19.8. The second-order valence-corrected chi connectivity index (χ2v) is 7.74. The van der Waals surface area contributed by atoms with Crippen LogP contribution >= 0.6 is 23.6 Å². The molecule has 2 aromatic rings. The van der Waals surface area contributed by atoms with Crippen LogP contribution in [0.15, 0.2) is 47.7 Å². The van der Waals surface area contributed by atoms with Gasteiger partial charge in [-0.1, -0.05) is 12.1 Å². The number of alkyl halides is 3. The van der Waals surface area contributed by atoms with Gasteiger partial charge in [0.25, 0.3) is 5.91 Å². The molecule has 1 aliphatic rings. The SMILES string of the molecule is CC1=C(C(=O)Nc2ccccc2C(F)(F)F)[C@@H](c2ccc(C)s2)NC(=S)N1. The average molecular weight is 411 g/mol.